The molecule has 106 valence electrons. The van der Waals surface area contributed by atoms with Gasteiger partial charge >= 0.3 is 0 Å². The normalized spacial score (nSPS) is 27.2. The second-order valence-electron chi connectivity index (χ2n) is 5.92. The van der Waals surface area contributed by atoms with Gasteiger partial charge in [-0.15, -0.1) is 0 Å². The number of hydrogen-bond acceptors (Lipinski definition) is 3. The van der Waals surface area contributed by atoms with Gasteiger partial charge in [0, 0.05) is 25.0 Å². The Kier molecular flexibility index (Phi) is 4.61. The summed E-state index contributed by atoms with van der Waals surface area (Å²) in [6, 6.07) is 0.383. The van der Waals surface area contributed by atoms with Gasteiger partial charge in [0.05, 0.1) is 0 Å². The molecule has 1 N–H and O–H groups in total. The van der Waals surface area contributed by atoms with E-state index in [0.29, 0.717) is 17.8 Å². The summed E-state index contributed by atoms with van der Waals surface area (Å²) in [5.74, 6) is 1.92. The monoisotopic (exact) mass is 263 g/mol. The lowest BCUT2D eigenvalue weighted by Gasteiger charge is -2.33. The lowest BCUT2D eigenvalue weighted by Crippen LogP contribution is -2.36. The van der Waals surface area contributed by atoms with Crippen molar-refractivity contribution in [3.8, 4) is 0 Å². The van der Waals surface area contributed by atoms with Gasteiger partial charge in [-0.05, 0) is 37.5 Å². The van der Waals surface area contributed by atoms with Gasteiger partial charge in [-0.1, -0.05) is 20.8 Å². The molecule has 1 aliphatic rings. The number of rotatable bonds is 4. The van der Waals surface area contributed by atoms with Crippen LogP contribution >= 0.6 is 0 Å². The molecule has 4 nitrogen and oxygen atoms in total. The molecule has 1 saturated carbocycles. The van der Waals surface area contributed by atoms with Crippen LogP contribution in [0, 0.1) is 11.8 Å². The molecule has 19 heavy (non-hydrogen) atoms. The van der Waals surface area contributed by atoms with Gasteiger partial charge in [0.15, 0.2) is 5.82 Å². The minimum Gasteiger partial charge on any atom is -0.362 e. The van der Waals surface area contributed by atoms with E-state index in [2.05, 4.69) is 31.1 Å². The molecule has 4 heteroatoms. The van der Waals surface area contributed by atoms with Crippen LogP contribution in [-0.2, 0) is 6.54 Å². The molecule has 0 radical (unpaired) electrons. The van der Waals surface area contributed by atoms with Crippen LogP contribution in [0.5, 0.6) is 0 Å². The molecule has 1 fully saturated rings. The van der Waals surface area contributed by atoms with Crippen LogP contribution in [0.1, 0.15) is 46.5 Å². The predicted octanol–water partition coefficient (Wildman–Crippen LogP) is 2.89. The van der Waals surface area contributed by atoms with Crippen molar-refractivity contribution >= 4 is 5.82 Å². The highest BCUT2D eigenvalue weighted by Gasteiger charge is 2.26. The number of anilines is 1. The summed E-state index contributed by atoms with van der Waals surface area (Å²) in [5.41, 5.74) is 0.00942. The third-order valence-corrected chi connectivity index (χ3v) is 4.13. The number of nitrogens with zero attached hydrogens (tertiary/aromatic N) is 2. The first-order valence-electron chi connectivity index (χ1n) is 7.43. The van der Waals surface area contributed by atoms with Crippen molar-refractivity contribution in [1.82, 2.24) is 9.55 Å². The largest absolute Gasteiger partial charge is 0.362 e. The fourth-order valence-electron chi connectivity index (χ4n) is 3.02. The molecule has 0 aromatic carbocycles. The van der Waals surface area contributed by atoms with Crippen molar-refractivity contribution in [2.75, 3.05) is 5.32 Å². The van der Waals surface area contributed by atoms with Crippen LogP contribution < -0.4 is 10.9 Å². The van der Waals surface area contributed by atoms with Gasteiger partial charge in [-0.2, -0.15) is 0 Å². The van der Waals surface area contributed by atoms with Crippen LogP contribution in [0.25, 0.3) is 0 Å². The molecule has 3 unspecified atom stereocenters. The quantitative estimate of drug-likeness (QED) is 0.908. The zero-order valence-electron chi connectivity index (χ0n) is 12.2. The van der Waals surface area contributed by atoms with Crippen LogP contribution in [-0.4, -0.2) is 15.6 Å². The van der Waals surface area contributed by atoms with Gasteiger partial charge in [0.1, 0.15) is 0 Å². The summed E-state index contributed by atoms with van der Waals surface area (Å²) in [4.78, 5) is 16.5. The summed E-state index contributed by atoms with van der Waals surface area (Å²) in [7, 11) is 0. The average molecular weight is 263 g/mol. The van der Waals surface area contributed by atoms with E-state index in [4.69, 9.17) is 0 Å². The molecule has 1 aromatic heterocycles. The smallest absolute Gasteiger partial charge is 0.293 e. The summed E-state index contributed by atoms with van der Waals surface area (Å²) in [6.07, 6.45) is 8.04. The lowest BCUT2D eigenvalue weighted by molar-refractivity contribution is 0.276. The summed E-state index contributed by atoms with van der Waals surface area (Å²) >= 11 is 0. The molecule has 1 aromatic rings. The SMILES string of the molecule is CCCn1ccnc(NC2CCC(C)CC2C)c1=O. The van der Waals surface area contributed by atoms with E-state index in [0.717, 1.165) is 25.3 Å². The third kappa shape index (κ3) is 3.37. The van der Waals surface area contributed by atoms with Crippen molar-refractivity contribution in [1.29, 1.82) is 0 Å². The maximum absolute atomic E-state index is 12.2. The Balaban J connectivity index is 2.11. The van der Waals surface area contributed by atoms with E-state index >= 15 is 0 Å². The highest BCUT2D eigenvalue weighted by atomic mass is 16.1. The Hall–Kier alpha value is -1.32. The maximum Gasteiger partial charge on any atom is 0.293 e. The van der Waals surface area contributed by atoms with Crippen LogP contribution in [0.2, 0.25) is 0 Å². The fourth-order valence-corrected chi connectivity index (χ4v) is 3.02. The molecule has 1 aliphatic carbocycles. The second-order valence-corrected chi connectivity index (χ2v) is 5.92. The van der Waals surface area contributed by atoms with Gasteiger partial charge < -0.3 is 9.88 Å². The van der Waals surface area contributed by atoms with Crippen molar-refractivity contribution in [2.45, 2.75) is 59.0 Å². The first-order chi connectivity index (χ1) is 9.11. The molecular formula is C15H25N3O. The Morgan fingerprint density at radius 2 is 2.21 bits per heavy atom. The topological polar surface area (TPSA) is 46.9 Å². The Bertz CT molecular complexity index is 469. The zero-order valence-corrected chi connectivity index (χ0v) is 12.2. The van der Waals surface area contributed by atoms with Crippen LogP contribution in [0.15, 0.2) is 17.2 Å². The fraction of sp³-hybridized carbons (Fsp3) is 0.733. The van der Waals surface area contributed by atoms with Gasteiger partial charge in [0.2, 0.25) is 0 Å². The van der Waals surface area contributed by atoms with Crippen LogP contribution in [0.3, 0.4) is 0 Å². The molecule has 0 aliphatic heterocycles. The summed E-state index contributed by atoms with van der Waals surface area (Å²) < 4.78 is 1.74. The highest BCUT2D eigenvalue weighted by Crippen LogP contribution is 2.29. The summed E-state index contributed by atoms with van der Waals surface area (Å²) in [6.45, 7) is 7.40. The lowest BCUT2D eigenvalue weighted by atomic mass is 9.80. The Labute approximate surface area is 115 Å². The Morgan fingerprint density at radius 3 is 2.89 bits per heavy atom. The van der Waals surface area contributed by atoms with E-state index < -0.39 is 0 Å². The molecular weight excluding hydrogens is 238 g/mol. The van der Waals surface area contributed by atoms with E-state index in [9.17, 15) is 4.79 Å². The van der Waals surface area contributed by atoms with E-state index in [1.807, 2.05) is 0 Å². The molecule has 2 rings (SSSR count). The maximum atomic E-state index is 12.2. The van der Waals surface area contributed by atoms with E-state index in [1.165, 1.54) is 12.8 Å². The van der Waals surface area contributed by atoms with Gasteiger partial charge in [0.25, 0.3) is 5.56 Å². The van der Waals surface area contributed by atoms with Crippen molar-refractivity contribution in [2.24, 2.45) is 11.8 Å². The number of aryl methyl sites for hydroxylation is 1. The minimum atomic E-state index is 0.00942. The molecule has 1 heterocycles. The van der Waals surface area contributed by atoms with Gasteiger partial charge in [-0.25, -0.2) is 4.98 Å². The van der Waals surface area contributed by atoms with Crippen molar-refractivity contribution < 1.29 is 0 Å². The van der Waals surface area contributed by atoms with E-state index in [1.54, 1.807) is 17.0 Å². The third-order valence-electron chi connectivity index (χ3n) is 4.13. The number of aromatic nitrogens is 2. The molecule has 0 amide bonds. The Morgan fingerprint density at radius 1 is 1.42 bits per heavy atom. The predicted molar refractivity (Wildman–Crippen MR) is 78.4 cm³/mol. The second kappa shape index (κ2) is 6.22. The molecule has 3 atom stereocenters. The number of hydrogen-bond donors (Lipinski definition) is 1. The van der Waals surface area contributed by atoms with Crippen molar-refractivity contribution in [3.63, 3.8) is 0 Å². The first-order valence-corrected chi connectivity index (χ1v) is 7.43. The summed E-state index contributed by atoms with van der Waals surface area (Å²) in [5, 5.41) is 3.37. The van der Waals surface area contributed by atoms with Crippen LogP contribution in [0.4, 0.5) is 5.82 Å². The first kappa shape index (κ1) is 14.1. The molecule has 0 bridgehead atoms. The standard InChI is InChI=1S/C15H25N3O/c1-4-8-18-9-7-16-14(15(18)19)17-13-6-5-11(2)10-12(13)3/h7,9,11-13H,4-6,8,10H2,1-3H3,(H,16,17). The van der Waals surface area contributed by atoms with Crippen molar-refractivity contribution in [3.05, 3.63) is 22.7 Å². The highest BCUT2D eigenvalue weighted by molar-refractivity contribution is 5.32. The zero-order chi connectivity index (χ0) is 13.8. The number of nitrogens with one attached hydrogen (secondary N) is 1. The minimum absolute atomic E-state index is 0.00942. The molecule has 0 spiro atoms. The van der Waals surface area contributed by atoms with E-state index in [-0.39, 0.29) is 5.56 Å². The van der Waals surface area contributed by atoms with Gasteiger partial charge in [-0.3, -0.25) is 4.79 Å². The average Bonchev–Trinajstić information content (AvgIpc) is 2.37. The molecule has 0 saturated heterocycles.